The maximum atomic E-state index is 6.13. The van der Waals surface area contributed by atoms with Crippen molar-refractivity contribution in [3.05, 3.63) is 48.3 Å². The zero-order valence-electron chi connectivity index (χ0n) is 14.7. The first kappa shape index (κ1) is 16.6. The Morgan fingerprint density at radius 1 is 1.24 bits per heavy atom. The molecule has 5 heteroatoms. The van der Waals surface area contributed by atoms with Crippen LogP contribution in [0, 0.1) is 0 Å². The highest BCUT2D eigenvalue weighted by atomic mass is 16.5. The van der Waals surface area contributed by atoms with Gasteiger partial charge in [-0.25, -0.2) is 9.97 Å². The quantitative estimate of drug-likeness (QED) is 0.857. The molecular formula is C20H25N3O2. The van der Waals surface area contributed by atoms with Gasteiger partial charge in [0.2, 0.25) is 0 Å². The van der Waals surface area contributed by atoms with Gasteiger partial charge in [-0.1, -0.05) is 30.3 Å². The van der Waals surface area contributed by atoms with Gasteiger partial charge in [-0.3, -0.25) is 4.90 Å². The Hall–Kier alpha value is -1.82. The molecule has 1 aromatic carbocycles. The monoisotopic (exact) mass is 339 g/mol. The van der Waals surface area contributed by atoms with Crippen molar-refractivity contribution in [2.24, 2.45) is 0 Å². The molecule has 1 aromatic heterocycles. The van der Waals surface area contributed by atoms with E-state index < -0.39 is 0 Å². The molecule has 2 aromatic rings. The lowest BCUT2D eigenvalue weighted by Gasteiger charge is -2.44. The summed E-state index contributed by atoms with van der Waals surface area (Å²) in [7, 11) is 1.81. The van der Waals surface area contributed by atoms with Crippen LogP contribution in [0.3, 0.4) is 0 Å². The summed E-state index contributed by atoms with van der Waals surface area (Å²) in [6, 6.07) is 10.1. The van der Waals surface area contributed by atoms with Crippen LogP contribution in [0.2, 0.25) is 0 Å². The van der Waals surface area contributed by atoms with Crippen LogP contribution in [0.4, 0.5) is 0 Å². The topological polar surface area (TPSA) is 47.5 Å². The predicted molar refractivity (Wildman–Crippen MR) is 96.1 cm³/mol. The van der Waals surface area contributed by atoms with E-state index >= 15 is 0 Å². The number of hydrogen-bond acceptors (Lipinski definition) is 5. The third kappa shape index (κ3) is 3.45. The molecular weight excluding hydrogens is 314 g/mol. The Kier molecular flexibility index (Phi) is 4.79. The van der Waals surface area contributed by atoms with Crippen molar-refractivity contribution in [2.75, 3.05) is 26.8 Å². The van der Waals surface area contributed by atoms with Crippen LogP contribution in [-0.4, -0.2) is 53.4 Å². The van der Waals surface area contributed by atoms with Gasteiger partial charge >= 0.3 is 0 Å². The Balaban J connectivity index is 1.44. The highest BCUT2D eigenvalue weighted by molar-refractivity contribution is 5.53. The minimum atomic E-state index is -0.127. The zero-order chi connectivity index (χ0) is 17.1. The first-order valence-electron chi connectivity index (χ1n) is 9.04. The summed E-state index contributed by atoms with van der Waals surface area (Å²) in [5, 5.41) is 0. The third-order valence-electron chi connectivity index (χ3n) is 5.35. The van der Waals surface area contributed by atoms with Crippen molar-refractivity contribution in [3.63, 3.8) is 0 Å². The minimum absolute atomic E-state index is 0.127. The lowest BCUT2D eigenvalue weighted by Crippen LogP contribution is -2.56. The van der Waals surface area contributed by atoms with Crippen molar-refractivity contribution >= 4 is 0 Å². The van der Waals surface area contributed by atoms with Crippen molar-refractivity contribution in [1.29, 1.82) is 0 Å². The number of nitrogens with zero attached hydrogens (tertiary/aromatic N) is 3. The second-order valence-corrected chi connectivity index (χ2v) is 7.02. The number of benzene rings is 1. The Bertz CT molecular complexity index is 684. The largest absolute Gasteiger partial charge is 0.378 e. The van der Waals surface area contributed by atoms with Gasteiger partial charge in [0.05, 0.1) is 6.10 Å². The summed E-state index contributed by atoms with van der Waals surface area (Å²) in [4.78, 5) is 11.5. The van der Waals surface area contributed by atoms with E-state index in [1.807, 2.05) is 42.7 Å². The van der Waals surface area contributed by atoms with E-state index in [9.17, 15) is 0 Å². The van der Waals surface area contributed by atoms with Crippen LogP contribution in [-0.2, 0) is 16.0 Å². The summed E-state index contributed by atoms with van der Waals surface area (Å²) in [6.45, 7) is 3.65. The van der Waals surface area contributed by atoms with Gasteiger partial charge in [-0.05, 0) is 19.3 Å². The summed E-state index contributed by atoms with van der Waals surface area (Å²) in [5.74, 6) is 0.776. The van der Waals surface area contributed by atoms with Gasteiger partial charge in [0.15, 0.2) is 5.82 Å². The Morgan fingerprint density at radius 3 is 2.72 bits per heavy atom. The van der Waals surface area contributed by atoms with E-state index in [1.54, 1.807) is 7.11 Å². The van der Waals surface area contributed by atoms with Crippen LogP contribution in [0.1, 0.15) is 24.8 Å². The molecule has 2 fully saturated rings. The molecule has 1 spiro atoms. The van der Waals surface area contributed by atoms with E-state index in [0.29, 0.717) is 0 Å². The SMILES string of the molecule is CO[C@H]1CCN(Cc2cnc(-c3ccccc3)nc2)C[C@@]12CCCO2. The number of ether oxygens (including phenoxy) is 2. The van der Waals surface area contributed by atoms with Crippen LogP contribution in [0.25, 0.3) is 11.4 Å². The van der Waals surface area contributed by atoms with Gasteiger partial charge in [-0.15, -0.1) is 0 Å². The van der Waals surface area contributed by atoms with Crippen molar-refractivity contribution < 1.29 is 9.47 Å². The molecule has 25 heavy (non-hydrogen) atoms. The van der Waals surface area contributed by atoms with Crippen molar-refractivity contribution in [3.8, 4) is 11.4 Å². The second kappa shape index (κ2) is 7.20. The fraction of sp³-hybridized carbons (Fsp3) is 0.500. The number of likely N-dealkylation sites (tertiary alicyclic amines) is 1. The fourth-order valence-electron chi connectivity index (χ4n) is 4.12. The normalized spacial score (nSPS) is 27.0. The first-order valence-corrected chi connectivity index (χ1v) is 9.04. The average molecular weight is 339 g/mol. The number of hydrogen-bond donors (Lipinski definition) is 0. The molecule has 2 aliphatic rings. The van der Waals surface area contributed by atoms with Crippen molar-refractivity contribution in [1.82, 2.24) is 14.9 Å². The second-order valence-electron chi connectivity index (χ2n) is 7.02. The third-order valence-corrected chi connectivity index (χ3v) is 5.35. The van der Waals surface area contributed by atoms with E-state index in [1.165, 1.54) is 0 Å². The number of methoxy groups -OCH3 is 1. The van der Waals surface area contributed by atoms with Crippen LogP contribution in [0.5, 0.6) is 0 Å². The highest BCUT2D eigenvalue weighted by Crippen LogP contribution is 2.36. The summed E-state index contributed by atoms with van der Waals surface area (Å²) >= 11 is 0. The van der Waals surface area contributed by atoms with Crippen molar-refractivity contribution in [2.45, 2.75) is 37.5 Å². The van der Waals surface area contributed by atoms with Crippen LogP contribution >= 0.6 is 0 Å². The highest BCUT2D eigenvalue weighted by Gasteiger charge is 2.47. The molecule has 0 radical (unpaired) electrons. The van der Waals surface area contributed by atoms with Gasteiger partial charge in [-0.2, -0.15) is 0 Å². The molecule has 4 rings (SSSR count). The fourth-order valence-corrected chi connectivity index (χ4v) is 4.12. The molecule has 132 valence electrons. The molecule has 0 N–H and O–H groups in total. The number of piperidine rings is 1. The smallest absolute Gasteiger partial charge is 0.159 e. The van der Waals surface area contributed by atoms with Crippen LogP contribution in [0.15, 0.2) is 42.7 Å². The molecule has 0 aliphatic carbocycles. The number of aromatic nitrogens is 2. The summed E-state index contributed by atoms with van der Waals surface area (Å²) < 4.78 is 11.8. The zero-order valence-corrected chi connectivity index (χ0v) is 14.7. The lowest BCUT2D eigenvalue weighted by atomic mass is 9.86. The van der Waals surface area contributed by atoms with Gasteiger partial charge in [0, 0.05) is 56.9 Å². The van der Waals surface area contributed by atoms with Gasteiger partial charge < -0.3 is 9.47 Å². The van der Waals surface area contributed by atoms with E-state index in [4.69, 9.17) is 9.47 Å². The van der Waals surface area contributed by atoms with E-state index in [-0.39, 0.29) is 11.7 Å². The number of rotatable bonds is 4. The molecule has 0 unspecified atom stereocenters. The maximum Gasteiger partial charge on any atom is 0.159 e. The van der Waals surface area contributed by atoms with Gasteiger partial charge in [0.25, 0.3) is 0 Å². The molecule has 5 nitrogen and oxygen atoms in total. The standard InChI is InChI=1S/C20H25N3O2/c1-24-18-8-10-23(15-20(18)9-5-11-25-20)14-16-12-21-19(22-13-16)17-6-3-2-4-7-17/h2-4,6-7,12-13,18H,5,8-11,14-15H2,1H3/t18-,20-/m0/s1. The molecule has 3 heterocycles. The molecule has 0 saturated carbocycles. The van der Waals surface area contributed by atoms with E-state index in [2.05, 4.69) is 14.9 Å². The molecule has 2 atom stereocenters. The molecule has 2 saturated heterocycles. The molecule has 0 amide bonds. The van der Waals surface area contributed by atoms with Crippen LogP contribution < -0.4 is 0 Å². The molecule has 2 aliphatic heterocycles. The average Bonchev–Trinajstić information content (AvgIpc) is 3.12. The predicted octanol–water partition coefficient (Wildman–Crippen LogP) is 2.91. The van der Waals surface area contributed by atoms with Gasteiger partial charge in [0.1, 0.15) is 5.60 Å². The minimum Gasteiger partial charge on any atom is -0.378 e. The Labute approximate surface area is 149 Å². The summed E-state index contributed by atoms with van der Waals surface area (Å²) in [6.07, 6.45) is 7.33. The Morgan fingerprint density at radius 2 is 2.04 bits per heavy atom. The lowest BCUT2D eigenvalue weighted by molar-refractivity contribution is -0.145. The first-order chi connectivity index (χ1) is 12.3. The summed E-state index contributed by atoms with van der Waals surface area (Å²) in [5.41, 5.74) is 2.06. The maximum absolute atomic E-state index is 6.13. The molecule has 0 bridgehead atoms. The van der Waals surface area contributed by atoms with E-state index in [0.717, 1.165) is 62.5 Å².